The van der Waals surface area contributed by atoms with Crippen molar-refractivity contribution in [2.45, 2.75) is 6.92 Å². The molecule has 0 aliphatic rings. The predicted octanol–water partition coefficient (Wildman–Crippen LogP) is 2.03. The summed E-state index contributed by atoms with van der Waals surface area (Å²) in [4.78, 5) is 25.6. The van der Waals surface area contributed by atoms with Gasteiger partial charge in [0.25, 0.3) is 5.56 Å². The lowest BCUT2D eigenvalue weighted by molar-refractivity contribution is -0.112. The van der Waals surface area contributed by atoms with E-state index in [0.717, 1.165) is 6.08 Å². The van der Waals surface area contributed by atoms with E-state index in [9.17, 15) is 14.7 Å². The van der Waals surface area contributed by atoms with Gasteiger partial charge in [0, 0.05) is 17.5 Å². The largest absolute Gasteiger partial charge is 0.507 e. The number of fused-ring (bicyclic) bond motifs is 1. The van der Waals surface area contributed by atoms with Crippen LogP contribution in [-0.4, -0.2) is 30.1 Å². The van der Waals surface area contributed by atoms with Gasteiger partial charge in [-0.2, -0.15) is 0 Å². The first kappa shape index (κ1) is 14.6. The number of aromatic nitrogens is 1. The Balaban J connectivity index is 2.70. The fourth-order valence-corrected chi connectivity index (χ4v) is 1.99. The Morgan fingerprint density at radius 1 is 1.19 bits per heavy atom. The van der Waals surface area contributed by atoms with Gasteiger partial charge in [-0.25, -0.2) is 0 Å². The number of carbonyl (C=O) groups is 1. The molecule has 110 valence electrons. The summed E-state index contributed by atoms with van der Waals surface area (Å²) in [6, 6.07) is 4.80. The standard InChI is InChI=1S/C15H15NO5/c1-8(17)4-12(18)10-5-9-6-13(20-2)14(21-3)7-11(9)16-15(10)19/h4-7,18H,1-3H3,(H,16,19)/b12-4-. The molecule has 0 saturated carbocycles. The zero-order valence-corrected chi connectivity index (χ0v) is 11.9. The Morgan fingerprint density at radius 2 is 1.81 bits per heavy atom. The number of aromatic amines is 1. The normalized spacial score (nSPS) is 11.5. The van der Waals surface area contributed by atoms with Crippen LogP contribution in [0.2, 0.25) is 0 Å². The molecule has 2 N–H and O–H groups in total. The quantitative estimate of drug-likeness (QED) is 0.664. The van der Waals surface area contributed by atoms with Crippen LogP contribution >= 0.6 is 0 Å². The minimum absolute atomic E-state index is 0.0184. The van der Waals surface area contributed by atoms with Crippen molar-refractivity contribution < 1.29 is 19.4 Å². The molecule has 0 fully saturated rings. The zero-order valence-electron chi connectivity index (χ0n) is 11.9. The molecule has 0 radical (unpaired) electrons. The summed E-state index contributed by atoms with van der Waals surface area (Å²) >= 11 is 0. The van der Waals surface area contributed by atoms with Gasteiger partial charge < -0.3 is 19.6 Å². The van der Waals surface area contributed by atoms with E-state index in [2.05, 4.69) is 4.98 Å². The van der Waals surface area contributed by atoms with Gasteiger partial charge in [-0.1, -0.05) is 0 Å². The molecule has 1 aromatic heterocycles. The van der Waals surface area contributed by atoms with E-state index in [4.69, 9.17) is 9.47 Å². The van der Waals surface area contributed by atoms with E-state index < -0.39 is 5.56 Å². The van der Waals surface area contributed by atoms with Crippen LogP contribution in [0.3, 0.4) is 0 Å². The number of methoxy groups -OCH3 is 2. The van der Waals surface area contributed by atoms with Gasteiger partial charge in [0.2, 0.25) is 0 Å². The van der Waals surface area contributed by atoms with Crippen molar-refractivity contribution in [2.75, 3.05) is 14.2 Å². The molecule has 2 aromatic rings. The smallest absolute Gasteiger partial charge is 0.259 e. The lowest BCUT2D eigenvalue weighted by Gasteiger charge is -2.09. The van der Waals surface area contributed by atoms with Crippen LogP contribution in [0.5, 0.6) is 11.5 Å². The lowest BCUT2D eigenvalue weighted by atomic mass is 10.1. The number of ketones is 1. The monoisotopic (exact) mass is 289 g/mol. The minimum atomic E-state index is -0.496. The van der Waals surface area contributed by atoms with Crippen LogP contribution in [0.25, 0.3) is 16.7 Å². The Hall–Kier alpha value is -2.76. The Bertz CT molecular complexity index is 788. The number of hydrogen-bond acceptors (Lipinski definition) is 5. The molecule has 2 rings (SSSR count). The molecule has 0 spiro atoms. The Labute approximate surface area is 120 Å². The van der Waals surface area contributed by atoms with Crippen LogP contribution in [0.15, 0.2) is 29.1 Å². The predicted molar refractivity (Wildman–Crippen MR) is 79.0 cm³/mol. The molecule has 6 heteroatoms. The summed E-state index contributed by atoms with van der Waals surface area (Å²) in [7, 11) is 3.00. The van der Waals surface area contributed by atoms with E-state index in [1.54, 1.807) is 12.1 Å². The van der Waals surface area contributed by atoms with Crippen LogP contribution in [0.4, 0.5) is 0 Å². The van der Waals surface area contributed by atoms with Gasteiger partial charge in [0.15, 0.2) is 17.3 Å². The molecule has 0 amide bonds. The number of carbonyl (C=O) groups excluding carboxylic acids is 1. The number of H-pyrrole nitrogens is 1. The molecule has 0 bridgehead atoms. The average molecular weight is 289 g/mol. The number of aliphatic hydroxyl groups excluding tert-OH is 1. The fourth-order valence-electron chi connectivity index (χ4n) is 1.99. The van der Waals surface area contributed by atoms with Crippen LogP contribution in [0, 0.1) is 0 Å². The molecule has 0 aliphatic heterocycles. The molecule has 1 aromatic carbocycles. The van der Waals surface area contributed by atoms with Gasteiger partial charge >= 0.3 is 0 Å². The third-order valence-corrected chi connectivity index (χ3v) is 2.96. The number of ether oxygens (including phenoxy) is 2. The molecule has 0 aliphatic carbocycles. The first-order valence-corrected chi connectivity index (χ1v) is 6.17. The van der Waals surface area contributed by atoms with Gasteiger partial charge in [-0.05, 0) is 19.1 Å². The first-order chi connectivity index (χ1) is 9.96. The van der Waals surface area contributed by atoms with E-state index >= 15 is 0 Å². The van der Waals surface area contributed by atoms with Crippen LogP contribution in [-0.2, 0) is 4.79 Å². The summed E-state index contributed by atoms with van der Waals surface area (Å²) in [5.74, 6) is 0.259. The second-order valence-electron chi connectivity index (χ2n) is 4.45. The summed E-state index contributed by atoms with van der Waals surface area (Å²) < 4.78 is 10.4. The van der Waals surface area contributed by atoms with Crippen molar-refractivity contribution in [3.63, 3.8) is 0 Å². The van der Waals surface area contributed by atoms with Crippen molar-refractivity contribution >= 4 is 22.4 Å². The Morgan fingerprint density at radius 3 is 2.38 bits per heavy atom. The Kier molecular flexibility index (Phi) is 3.98. The average Bonchev–Trinajstić information content (AvgIpc) is 2.44. The van der Waals surface area contributed by atoms with Crippen molar-refractivity contribution in [1.82, 2.24) is 4.98 Å². The summed E-state index contributed by atoms with van der Waals surface area (Å²) in [6.07, 6.45) is 0.997. The molecule has 0 atom stereocenters. The van der Waals surface area contributed by atoms with E-state index in [1.165, 1.54) is 27.2 Å². The topological polar surface area (TPSA) is 88.6 Å². The lowest BCUT2D eigenvalue weighted by Crippen LogP contribution is -2.12. The van der Waals surface area contributed by atoms with E-state index in [0.29, 0.717) is 22.4 Å². The van der Waals surface area contributed by atoms with Crippen molar-refractivity contribution in [3.8, 4) is 11.5 Å². The molecule has 21 heavy (non-hydrogen) atoms. The molecular weight excluding hydrogens is 274 g/mol. The highest BCUT2D eigenvalue weighted by atomic mass is 16.5. The fraction of sp³-hybridized carbons (Fsp3) is 0.200. The van der Waals surface area contributed by atoms with Crippen molar-refractivity contribution in [1.29, 1.82) is 0 Å². The van der Waals surface area contributed by atoms with Gasteiger partial charge in [-0.15, -0.1) is 0 Å². The van der Waals surface area contributed by atoms with Gasteiger partial charge in [-0.3, -0.25) is 9.59 Å². The molecule has 0 saturated heterocycles. The number of rotatable bonds is 4. The third kappa shape index (κ3) is 2.89. The minimum Gasteiger partial charge on any atom is -0.507 e. The highest BCUT2D eigenvalue weighted by Crippen LogP contribution is 2.31. The van der Waals surface area contributed by atoms with Crippen LogP contribution < -0.4 is 15.0 Å². The third-order valence-electron chi connectivity index (χ3n) is 2.96. The number of nitrogens with one attached hydrogen (secondary N) is 1. The molecule has 0 unspecified atom stereocenters. The van der Waals surface area contributed by atoms with Crippen molar-refractivity contribution in [2.24, 2.45) is 0 Å². The number of pyridine rings is 1. The number of benzene rings is 1. The van der Waals surface area contributed by atoms with E-state index in [-0.39, 0.29) is 17.1 Å². The maximum Gasteiger partial charge on any atom is 0.259 e. The summed E-state index contributed by atoms with van der Waals surface area (Å²) in [6.45, 7) is 1.29. The zero-order chi connectivity index (χ0) is 15.6. The first-order valence-electron chi connectivity index (χ1n) is 6.17. The second kappa shape index (κ2) is 5.70. The highest BCUT2D eigenvalue weighted by Gasteiger charge is 2.11. The number of allylic oxidation sites excluding steroid dienone is 1. The van der Waals surface area contributed by atoms with Gasteiger partial charge in [0.05, 0.1) is 25.3 Å². The van der Waals surface area contributed by atoms with E-state index in [1.807, 2.05) is 0 Å². The number of aliphatic hydroxyl groups is 1. The highest BCUT2D eigenvalue weighted by molar-refractivity contribution is 5.94. The van der Waals surface area contributed by atoms with Crippen LogP contribution in [0.1, 0.15) is 12.5 Å². The summed E-state index contributed by atoms with van der Waals surface area (Å²) in [5, 5.41) is 10.5. The molecule has 6 nitrogen and oxygen atoms in total. The summed E-state index contributed by atoms with van der Waals surface area (Å²) in [5.41, 5.74) is 0.0617. The van der Waals surface area contributed by atoms with Crippen molar-refractivity contribution in [3.05, 3.63) is 40.2 Å². The van der Waals surface area contributed by atoms with Gasteiger partial charge in [0.1, 0.15) is 5.76 Å². The second-order valence-corrected chi connectivity index (χ2v) is 4.45. The SMILES string of the molecule is COc1cc2cc(/C(O)=C/C(C)=O)c(=O)[nH]c2cc1OC. The molecule has 1 heterocycles. The molecular formula is C15H15NO5. The maximum atomic E-state index is 12.0. The maximum absolute atomic E-state index is 12.0. The number of hydrogen-bond donors (Lipinski definition) is 2.